The molecule has 1 atom stereocenters. The molecular weight excluding hydrogens is 238 g/mol. The predicted octanol–water partition coefficient (Wildman–Crippen LogP) is 2.76. The van der Waals surface area contributed by atoms with E-state index in [0.717, 1.165) is 5.69 Å². The molecular formula is C10H17Cl2FN2. The van der Waals surface area contributed by atoms with Crippen LogP contribution in [0.4, 0.5) is 10.1 Å². The molecule has 0 bridgehead atoms. The Bertz CT molecular complexity index is 303. The molecule has 0 radical (unpaired) electrons. The summed E-state index contributed by atoms with van der Waals surface area (Å²) in [6.07, 6.45) is 0. The summed E-state index contributed by atoms with van der Waals surface area (Å²) < 4.78 is 13.4. The molecule has 0 aliphatic rings. The molecule has 0 aliphatic heterocycles. The van der Waals surface area contributed by atoms with Crippen LogP contribution in [0, 0.1) is 5.82 Å². The Morgan fingerprint density at radius 2 is 1.80 bits per heavy atom. The van der Waals surface area contributed by atoms with E-state index in [1.54, 1.807) is 13.0 Å². The van der Waals surface area contributed by atoms with E-state index in [4.69, 9.17) is 5.73 Å². The third-order valence-corrected chi connectivity index (χ3v) is 1.97. The Labute approximate surface area is 102 Å². The first-order chi connectivity index (χ1) is 6.04. The minimum Gasteiger partial charge on any atom is -0.377 e. The lowest BCUT2D eigenvalue weighted by molar-refractivity contribution is 0.593. The first-order valence-electron chi connectivity index (χ1n) is 4.25. The van der Waals surface area contributed by atoms with Gasteiger partial charge in [-0.2, -0.15) is 0 Å². The van der Waals surface area contributed by atoms with Gasteiger partial charge in [0.05, 0.1) is 0 Å². The zero-order chi connectivity index (χ0) is 10.0. The van der Waals surface area contributed by atoms with Gasteiger partial charge >= 0.3 is 0 Å². The van der Waals surface area contributed by atoms with Crippen LogP contribution in [0.5, 0.6) is 0 Å². The Kier molecular flexibility index (Phi) is 7.75. The van der Waals surface area contributed by atoms with Crippen molar-refractivity contribution >= 4 is 30.5 Å². The van der Waals surface area contributed by atoms with Crippen LogP contribution in [0.1, 0.15) is 18.5 Å². The molecule has 0 saturated carbocycles. The smallest absolute Gasteiger partial charge is 0.130 e. The SMILES string of the molecule is CC(N)c1c(F)cccc1N(C)C.Cl.Cl. The molecule has 15 heavy (non-hydrogen) atoms. The molecule has 0 amide bonds. The van der Waals surface area contributed by atoms with E-state index >= 15 is 0 Å². The van der Waals surface area contributed by atoms with Crippen LogP contribution in [0.2, 0.25) is 0 Å². The van der Waals surface area contributed by atoms with Gasteiger partial charge in [-0.3, -0.25) is 0 Å². The van der Waals surface area contributed by atoms with Gasteiger partial charge in [-0.1, -0.05) is 6.07 Å². The van der Waals surface area contributed by atoms with Crippen molar-refractivity contribution in [1.82, 2.24) is 0 Å². The molecule has 0 fully saturated rings. The zero-order valence-corrected chi connectivity index (χ0v) is 10.7. The maximum Gasteiger partial charge on any atom is 0.130 e. The average Bonchev–Trinajstić information content (AvgIpc) is 2.02. The number of hydrogen-bond acceptors (Lipinski definition) is 2. The summed E-state index contributed by atoms with van der Waals surface area (Å²) >= 11 is 0. The van der Waals surface area contributed by atoms with Crippen LogP contribution in [-0.2, 0) is 0 Å². The van der Waals surface area contributed by atoms with Crippen molar-refractivity contribution in [3.8, 4) is 0 Å². The number of anilines is 1. The zero-order valence-electron chi connectivity index (χ0n) is 9.03. The molecule has 1 aromatic rings. The van der Waals surface area contributed by atoms with Crippen molar-refractivity contribution < 1.29 is 4.39 Å². The lowest BCUT2D eigenvalue weighted by atomic mass is 10.1. The first-order valence-corrected chi connectivity index (χ1v) is 4.25. The molecule has 1 unspecified atom stereocenters. The highest BCUT2D eigenvalue weighted by Gasteiger charge is 2.12. The highest BCUT2D eigenvalue weighted by atomic mass is 35.5. The average molecular weight is 255 g/mol. The molecule has 2 N–H and O–H groups in total. The Hall–Kier alpha value is -0.510. The van der Waals surface area contributed by atoms with Gasteiger partial charge in [-0.25, -0.2) is 4.39 Å². The van der Waals surface area contributed by atoms with Crippen LogP contribution in [0.25, 0.3) is 0 Å². The second kappa shape index (κ2) is 6.88. The van der Waals surface area contributed by atoms with Crippen molar-refractivity contribution in [1.29, 1.82) is 0 Å². The third kappa shape index (κ3) is 3.86. The molecule has 5 heteroatoms. The van der Waals surface area contributed by atoms with Gasteiger partial charge in [0.25, 0.3) is 0 Å². The number of hydrogen-bond donors (Lipinski definition) is 1. The van der Waals surface area contributed by atoms with Gasteiger partial charge < -0.3 is 10.6 Å². The molecule has 2 nitrogen and oxygen atoms in total. The fourth-order valence-corrected chi connectivity index (χ4v) is 1.37. The van der Waals surface area contributed by atoms with Crippen LogP contribution in [0.15, 0.2) is 18.2 Å². The number of nitrogens with two attached hydrogens (primary N) is 1. The number of benzene rings is 1. The summed E-state index contributed by atoms with van der Waals surface area (Å²) in [4.78, 5) is 1.86. The molecule has 1 rings (SSSR count). The lowest BCUT2D eigenvalue weighted by Crippen LogP contribution is -2.16. The Morgan fingerprint density at radius 3 is 2.13 bits per heavy atom. The number of nitrogens with zero attached hydrogens (tertiary/aromatic N) is 1. The maximum absolute atomic E-state index is 13.4. The topological polar surface area (TPSA) is 29.3 Å². The molecule has 0 aromatic heterocycles. The van der Waals surface area contributed by atoms with Crippen molar-refractivity contribution in [2.45, 2.75) is 13.0 Å². The van der Waals surface area contributed by atoms with E-state index < -0.39 is 0 Å². The summed E-state index contributed by atoms with van der Waals surface area (Å²) in [6, 6.07) is 4.71. The van der Waals surface area contributed by atoms with Gasteiger partial charge in [0.1, 0.15) is 5.82 Å². The molecule has 1 aromatic carbocycles. The Balaban J connectivity index is 0. The van der Waals surface area contributed by atoms with Gasteiger partial charge in [0.15, 0.2) is 0 Å². The highest BCUT2D eigenvalue weighted by Crippen LogP contribution is 2.25. The van der Waals surface area contributed by atoms with Crippen LogP contribution in [-0.4, -0.2) is 14.1 Å². The normalized spacial score (nSPS) is 11.0. The Morgan fingerprint density at radius 1 is 1.27 bits per heavy atom. The van der Waals surface area contributed by atoms with E-state index in [9.17, 15) is 4.39 Å². The molecule has 0 heterocycles. The van der Waals surface area contributed by atoms with E-state index in [1.807, 2.05) is 25.1 Å². The largest absolute Gasteiger partial charge is 0.377 e. The second-order valence-corrected chi connectivity index (χ2v) is 3.36. The quantitative estimate of drug-likeness (QED) is 0.880. The van der Waals surface area contributed by atoms with Crippen molar-refractivity contribution in [2.75, 3.05) is 19.0 Å². The van der Waals surface area contributed by atoms with E-state index in [0.29, 0.717) is 5.56 Å². The summed E-state index contributed by atoms with van der Waals surface area (Å²) in [5.74, 6) is -0.235. The van der Waals surface area contributed by atoms with Crippen molar-refractivity contribution in [3.05, 3.63) is 29.6 Å². The van der Waals surface area contributed by atoms with Crippen LogP contribution in [0.3, 0.4) is 0 Å². The lowest BCUT2D eigenvalue weighted by Gasteiger charge is -2.19. The fraction of sp³-hybridized carbons (Fsp3) is 0.400. The summed E-state index contributed by atoms with van der Waals surface area (Å²) in [6.45, 7) is 1.78. The summed E-state index contributed by atoms with van der Waals surface area (Å²) in [7, 11) is 3.75. The van der Waals surface area contributed by atoms with Gasteiger partial charge in [-0.05, 0) is 19.1 Å². The minimum absolute atomic E-state index is 0. The van der Waals surface area contributed by atoms with E-state index in [1.165, 1.54) is 6.07 Å². The van der Waals surface area contributed by atoms with Gasteiger partial charge in [0, 0.05) is 31.4 Å². The number of rotatable bonds is 2. The van der Waals surface area contributed by atoms with E-state index in [2.05, 4.69) is 0 Å². The summed E-state index contributed by atoms with van der Waals surface area (Å²) in [5, 5.41) is 0. The fourth-order valence-electron chi connectivity index (χ4n) is 1.37. The van der Waals surface area contributed by atoms with Crippen LogP contribution >= 0.6 is 24.8 Å². The van der Waals surface area contributed by atoms with Crippen LogP contribution < -0.4 is 10.6 Å². The highest BCUT2D eigenvalue weighted by molar-refractivity contribution is 5.85. The molecule has 0 saturated heterocycles. The van der Waals surface area contributed by atoms with E-state index in [-0.39, 0.29) is 36.7 Å². The van der Waals surface area contributed by atoms with Gasteiger partial charge in [-0.15, -0.1) is 24.8 Å². The second-order valence-electron chi connectivity index (χ2n) is 3.36. The molecule has 88 valence electrons. The third-order valence-electron chi connectivity index (χ3n) is 1.97. The first kappa shape index (κ1) is 16.9. The molecule has 0 spiro atoms. The molecule has 0 aliphatic carbocycles. The number of halogens is 3. The standard InChI is InChI=1S/C10H15FN2.2ClH/c1-7(12)10-8(11)5-4-6-9(10)13(2)3;;/h4-7H,12H2,1-3H3;2*1H. The predicted molar refractivity (Wildman–Crippen MR) is 67.8 cm³/mol. The minimum atomic E-state index is -0.279. The summed E-state index contributed by atoms with van der Waals surface area (Å²) in [5.41, 5.74) is 7.11. The maximum atomic E-state index is 13.4. The van der Waals surface area contributed by atoms with Gasteiger partial charge in [0.2, 0.25) is 0 Å². The monoisotopic (exact) mass is 254 g/mol. The van der Waals surface area contributed by atoms with Crippen molar-refractivity contribution in [2.24, 2.45) is 5.73 Å². The van der Waals surface area contributed by atoms with Crippen molar-refractivity contribution in [3.63, 3.8) is 0 Å².